The van der Waals surface area contributed by atoms with Crippen molar-refractivity contribution in [1.82, 2.24) is 15.5 Å². The van der Waals surface area contributed by atoms with Crippen LogP contribution in [0.5, 0.6) is 0 Å². The van der Waals surface area contributed by atoms with Crippen LogP contribution in [0.2, 0.25) is 0 Å². The van der Waals surface area contributed by atoms with E-state index in [0.29, 0.717) is 25.8 Å². The first-order chi connectivity index (χ1) is 13.0. The van der Waals surface area contributed by atoms with Gasteiger partial charge in [0.05, 0.1) is 12.1 Å². The molecule has 1 aliphatic rings. The highest BCUT2D eigenvalue weighted by Gasteiger charge is 2.38. The van der Waals surface area contributed by atoms with Gasteiger partial charge in [-0.05, 0) is 32.6 Å². The SMILES string of the molecule is CCC(C)C(NC(=O)C(NC(=O)C1CCCN1C(=O)C(C)N)C(C)O)C(=O)O. The van der Waals surface area contributed by atoms with Gasteiger partial charge in [-0.2, -0.15) is 0 Å². The molecule has 1 rings (SSSR count). The Labute approximate surface area is 164 Å². The van der Waals surface area contributed by atoms with Crippen LogP contribution in [-0.4, -0.2) is 75.6 Å². The summed E-state index contributed by atoms with van der Waals surface area (Å²) in [6.07, 6.45) is 0.314. The molecule has 10 nitrogen and oxygen atoms in total. The van der Waals surface area contributed by atoms with E-state index in [0.717, 1.165) is 0 Å². The van der Waals surface area contributed by atoms with Crippen molar-refractivity contribution in [1.29, 1.82) is 0 Å². The van der Waals surface area contributed by atoms with Crippen molar-refractivity contribution in [3.05, 3.63) is 0 Å². The number of hydrogen-bond acceptors (Lipinski definition) is 6. The average molecular weight is 400 g/mol. The van der Waals surface area contributed by atoms with E-state index in [1.807, 2.05) is 0 Å². The van der Waals surface area contributed by atoms with Crippen molar-refractivity contribution < 1.29 is 29.4 Å². The molecule has 1 fully saturated rings. The van der Waals surface area contributed by atoms with Crippen LogP contribution in [-0.2, 0) is 19.2 Å². The van der Waals surface area contributed by atoms with Crippen molar-refractivity contribution in [2.24, 2.45) is 11.7 Å². The molecule has 6 atom stereocenters. The maximum absolute atomic E-state index is 12.7. The third-order valence-electron chi connectivity index (χ3n) is 5.07. The molecule has 6 N–H and O–H groups in total. The van der Waals surface area contributed by atoms with Crippen molar-refractivity contribution in [2.75, 3.05) is 6.54 Å². The van der Waals surface area contributed by atoms with Crippen molar-refractivity contribution in [3.63, 3.8) is 0 Å². The van der Waals surface area contributed by atoms with Crippen LogP contribution >= 0.6 is 0 Å². The molecule has 28 heavy (non-hydrogen) atoms. The second-order valence-corrected chi connectivity index (χ2v) is 7.42. The molecule has 0 saturated carbocycles. The van der Waals surface area contributed by atoms with Gasteiger partial charge in [0.15, 0.2) is 0 Å². The third-order valence-corrected chi connectivity index (χ3v) is 5.07. The molecule has 1 aliphatic heterocycles. The minimum absolute atomic E-state index is 0.333. The number of carboxylic acid groups (broad SMARTS) is 1. The van der Waals surface area contributed by atoms with E-state index in [2.05, 4.69) is 10.6 Å². The number of likely N-dealkylation sites (tertiary alicyclic amines) is 1. The molecule has 10 heteroatoms. The first kappa shape index (κ1) is 23.8. The van der Waals surface area contributed by atoms with Crippen LogP contribution < -0.4 is 16.4 Å². The number of nitrogens with zero attached hydrogens (tertiary/aromatic N) is 1. The zero-order valence-electron chi connectivity index (χ0n) is 16.8. The van der Waals surface area contributed by atoms with Crippen LogP contribution in [0.1, 0.15) is 47.0 Å². The smallest absolute Gasteiger partial charge is 0.326 e. The zero-order chi connectivity index (χ0) is 21.6. The third kappa shape index (κ3) is 5.90. The van der Waals surface area contributed by atoms with E-state index in [4.69, 9.17) is 5.73 Å². The Balaban J connectivity index is 2.88. The lowest BCUT2D eigenvalue weighted by Crippen LogP contribution is -2.60. The highest BCUT2D eigenvalue weighted by molar-refractivity contribution is 5.94. The molecule has 0 bridgehead atoms. The van der Waals surface area contributed by atoms with Crippen LogP contribution in [0.25, 0.3) is 0 Å². The van der Waals surface area contributed by atoms with E-state index in [-0.39, 0.29) is 11.8 Å². The Morgan fingerprint density at radius 2 is 1.75 bits per heavy atom. The zero-order valence-corrected chi connectivity index (χ0v) is 16.8. The van der Waals surface area contributed by atoms with E-state index in [1.165, 1.54) is 18.7 Å². The second-order valence-electron chi connectivity index (χ2n) is 7.42. The van der Waals surface area contributed by atoms with Crippen molar-refractivity contribution in [3.8, 4) is 0 Å². The van der Waals surface area contributed by atoms with E-state index < -0.39 is 48.1 Å². The molecular weight excluding hydrogens is 368 g/mol. The summed E-state index contributed by atoms with van der Waals surface area (Å²) >= 11 is 0. The van der Waals surface area contributed by atoms with Gasteiger partial charge in [0.2, 0.25) is 17.7 Å². The summed E-state index contributed by atoms with van der Waals surface area (Å²) in [5.41, 5.74) is 5.62. The van der Waals surface area contributed by atoms with Gasteiger partial charge in [-0.25, -0.2) is 4.79 Å². The van der Waals surface area contributed by atoms with Gasteiger partial charge in [-0.1, -0.05) is 20.3 Å². The quantitative estimate of drug-likeness (QED) is 0.325. The highest BCUT2D eigenvalue weighted by Crippen LogP contribution is 2.18. The highest BCUT2D eigenvalue weighted by atomic mass is 16.4. The number of carboxylic acids is 1. The van der Waals surface area contributed by atoms with Gasteiger partial charge < -0.3 is 31.5 Å². The molecule has 160 valence electrons. The lowest BCUT2D eigenvalue weighted by Gasteiger charge is -2.29. The monoisotopic (exact) mass is 400 g/mol. The lowest BCUT2D eigenvalue weighted by atomic mass is 9.98. The number of aliphatic hydroxyl groups excluding tert-OH is 1. The number of amides is 3. The predicted molar refractivity (Wildman–Crippen MR) is 101 cm³/mol. The van der Waals surface area contributed by atoms with Crippen LogP contribution in [0.3, 0.4) is 0 Å². The molecule has 0 aromatic carbocycles. The summed E-state index contributed by atoms with van der Waals surface area (Å²) in [7, 11) is 0. The van der Waals surface area contributed by atoms with Gasteiger partial charge in [-0.3, -0.25) is 14.4 Å². The predicted octanol–water partition coefficient (Wildman–Crippen LogP) is -1.19. The molecule has 0 aromatic rings. The van der Waals surface area contributed by atoms with Crippen LogP contribution in [0.4, 0.5) is 0 Å². The number of carbonyl (C=O) groups is 4. The fourth-order valence-electron chi connectivity index (χ4n) is 3.15. The number of hydrogen-bond donors (Lipinski definition) is 5. The normalized spacial score (nSPS) is 21.9. The first-order valence-electron chi connectivity index (χ1n) is 9.58. The fraction of sp³-hybridized carbons (Fsp3) is 0.778. The van der Waals surface area contributed by atoms with E-state index >= 15 is 0 Å². The molecule has 3 amide bonds. The van der Waals surface area contributed by atoms with Crippen molar-refractivity contribution >= 4 is 23.7 Å². The number of aliphatic carboxylic acids is 1. The minimum Gasteiger partial charge on any atom is -0.480 e. The molecular formula is C18H32N4O6. The number of nitrogens with two attached hydrogens (primary N) is 1. The second kappa shape index (κ2) is 10.4. The number of nitrogens with one attached hydrogen (secondary N) is 2. The molecule has 0 aliphatic carbocycles. The molecule has 1 saturated heterocycles. The largest absolute Gasteiger partial charge is 0.480 e. The van der Waals surface area contributed by atoms with Gasteiger partial charge >= 0.3 is 5.97 Å². The molecule has 1 heterocycles. The fourth-order valence-corrected chi connectivity index (χ4v) is 3.15. The summed E-state index contributed by atoms with van der Waals surface area (Å²) in [6, 6.07) is -4.02. The van der Waals surface area contributed by atoms with Gasteiger partial charge in [0, 0.05) is 6.54 Å². The summed E-state index contributed by atoms with van der Waals surface area (Å²) in [4.78, 5) is 50.2. The maximum atomic E-state index is 12.7. The Morgan fingerprint density at radius 3 is 2.21 bits per heavy atom. The number of carbonyl (C=O) groups excluding carboxylic acids is 3. The summed E-state index contributed by atoms with van der Waals surface area (Å²) in [5.74, 6) is -3.26. The first-order valence-corrected chi connectivity index (χ1v) is 9.58. The Bertz CT molecular complexity index is 595. The standard InChI is InChI=1S/C18H32N4O6/c1-5-9(2)13(18(27)28)20-16(25)14(11(4)23)21-15(24)12-7-6-8-22(12)17(26)10(3)19/h9-14,23H,5-8,19H2,1-4H3,(H,20,25)(H,21,24)(H,27,28). The topological polar surface area (TPSA) is 162 Å². The summed E-state index contributed by atoms with van der Waals surface area (Å²) in [6.45, 7) is 6.72. The maximum Gasteiger partial charge on any atom is 0.326 e. The van der Waals surface area contributed by atoms with E-state index in [1.54, 1.807) is 13.8 Å². The summed E-state index contributed by atoms with van der Waals surface area (Å²) < 4.78 is 0. The molecule has 6 unspecified atom stereocenters. The van der Waals surface area contributed by atoms with Gasteiger partial charge in [0.25, 0.3) is 0 Å². The Morgan fingerprint density at radius 1 is 1.14 bits per heavy atom. The number of aliphatic hydroxyl groups is 1. The van der Waals surface area contributed by atoms with E-state index in [9.17, 15) is 29.4 Å². The summed E-state index contributed by atoms with van der Waals surface area (Å²) in [5, 5.41) is 24.1. The van der Waals surface area contributed by atoms with Gasteiger partial charge in [0.1, 0.15) is 18.1 Å². The van der Waals surface area contributed by atoms with Crippen LogP contribution in [0.15, 0.2) is 0 Å². The van der Waals surface area contributed by atoms with Crippen molar-refractivity contribution in [2.45, 2.75) is 77.2 Å². The van der Waals surface area contributed by atoms with Gasteiger partial charge in [-0.15, -0.1) is 0 Å². The lowest BCUT2D eigenvalue weighted by molar-refractivity contribution is -0.145. The average Bonchev–Trinajstić information content (AvgIpc) is 3.11. The Kier molecular flexibility index (Phi) is 8.83. The number of rotatable bonds is 9. The van der Waals surface area contributed by atoms with Crippen LogP contribution in [0, 0.1) is 5.92 Å². The Hall–Kier alpha value is -2.20. The molecule has 0 spiro atoms. The molecule has 0 radical (unpaired) electrons. The minimum atomic E-state index is -1.34. The molecule has 0 aromatic heterocycles.